The Morgan fingerprint density at radius 3 is 2.62 bits per heavy atom. The number of aromatic nitrogens is 4. The molecule has 0 bridgehead atoms. The van der Waals surface area contributed by atoms with Crippen LogP contribution in [0.1, 0.15) is 37.1 Å². The summed E-state index contributed by atoms with van der Waals surface area (Å²) >= 11 is 0. The summed E-state index contributed by atoms with van der Waals surface area (Å²) in [4.78, 5) is 19.0. The lowest BCUT2D eigenvalue weighted by Gasteiger charge is -2.29. The molecule has 1 aliphatic rings. The summed E-state index contributed by atoms with van der Waals surface area (Å²) in [7, 11) is 4.06. The standard InChI is InChI=1S/C22H31N7/c1-15-20(25-14-24-15)13-23-12-16-8-10-17(11-9-16)26-22-27-19-7-5-4-6-18(19)21(28-22)29(2)3/h4-7,14,16-17,23H,8-13H2,1-3H3,(H,24,25)(H,26,27,28)/t16-,17+. The van der Waals surface area contributed by atoms with Gasteiger partial charge in [-0.25, -0.2) is 9.97 Å². The first-order valence-corrected chi connectivity index (χ1v) is 10.5. The number of H-pyrrole nitrogens is 1. The summed E-state index contributed by atoms with van der Waals surface area (Å²) in [5, 5.41) is 8.26. The van der Waals surface area contributed by atoms with Gasteiger partial charge in [-0.05, 0) is 57.2 Å². The molecule has 7 nitrogen and oxygen atoms in total. The number of nitrogens with one attached hydrogen (secondary N) is 3. The molecule has 2 aromatic heterocycles. The van der Waals surface area contributed by atoms with E-state index in [0.29, 0.717) is 6.04 Å². The van der Waals surface area contributed by atoms with Gasteiger partial charge in [-0.2, -0.15) is 4.98 Å². The number of rotatable bonds is 7. The maximum atomic E-state index is 4.78. The second-order valence-electron chi connectivity index (χ2n) is 8.24. The summed E-state index contributed by atoms with van der Waals surface area (Å²) in [6, 6.07) is 8.64. The van der Waals surface area contributed by atoms with Crippen molar-refractivity contribution >= 4 is 22.7 Å². The second-order valence-corrected chi connectivity index (χ2v) is 8.24. The molecule has 1 saturated carbocycles. The van der Waals surface area contributed by atoms with Crippen LogP contribution in [-0.4, -0.2) is 46.6 Å². The summed E-state index contributed by atoms with van der Waals surface area (Å²) in [6.07, 6.45) is 6.52. The van der Waals surface area contributed by atoms with E-state index in [9.17, 15) is 0 Å². The fraction of sp³-hybridized carbons (Fsp3) is 0.500. The number of para-hydroxylation sites is 1. The summed E-state index contributed by atoms with van der Waals surface area (Å²) < 4.78 is 0. The predicted octanol–water partition coefficient (Wildman–Crippen LogP) is 3.49. The number of benzene rings is 1. The number of aryl methyl sites for hydroxylation is 1. The van der Waals surface area contributed by atoms with Crippen LogP contribution in [-0.2, 0) is 6.54 Å². The number of imidazole rings is 1. The molecule has 154 valence electrons. The Labute approximate surface area is 172 Å². The van der Waals surface area contributed by atoms with Crippen LogP contribution in [0.3, 0.4) is 0 Å². The molecular formula is C22H31N7. The summed E-state index contributed by atoms with van der Waals surface area (Å²) in [6.45, 7) is 3.96. The van der Waals surface area contributed by atoms with Gasteiger partial charge in [-0.1, -0.05) is 12.1 Å². The highest BCUT2D eigenvalue weighted by Crippen LogP contribution is 2.28. The molecule has 1 aliphatic carbocycles. The lowest BCUT2D eigenvalue weighted by atomic mass is 9.86. The SMILES string of the molecule is Cc1nc[nH]c1CNC[C@H]1CC[C@@H](Nc2nc(N(C)C)c3ccccc3n2)CC1. The molecule has 3 N–H and O–H groups in total. The zero-order valence-corrected chi connectivity index (χ0v) is 17.6. The second kappa shape index (κ2) is 8.78. The minimum Gasteiger partial charge on any atom is -0.362 e. The van der Waals surface area contributed by atoms with Crippen molar-refractivity contribution in [1.29, 1.82) is 0 Å². The van der Waals surface area contributed by atoms with Crippen molar-refractivity contribution in [3.8, 4) is 0 Å². The molecule has 2 heterocycles. The number of nitrogens with zero attached hydrogens (tertiary/aromatic N) is 4. The van der Waals surface area contributed by atoms with Crippen LogP contribution in [0, 0.1) is 12.8 Å². The molecule has 0 radical (unpaired) electrons. The minimum absolute atomic E-state index is 0.442. The number of hydrogen-bond acceptors (Lipinski definition) is 6. The maximum absolute atomic E-state index is 4.78. The molecule has 0 atom stereocenters. The van der Waals surface area contributed by atoms with Gasteiger partial charge in [-0.15, -0.1) is 0 Å². The van der Waals surface area contributed by atoms with Gasteiger partial charge < -0.3 is 20.5 Å². The van der Waals surface area contributed by atoms with Crippen molar-refractivity contribution < 1.29 is 0 Å². The van der Waals surface area contributed by atoms with Crippen LogP contribution in [0.5, 0.6) is 0 Å². The third-order valence-electron chi connectivity index (χ3n) is 5.86. The minimum atomic E-state index is 0.442. The molecular weight excluding hydrogens is 362 g/mol. The Morgan fingerprint density at radius 2 is 1.90 bits per heavy atom. The number of hydrogen-bond donors (Lipinski definition) is 3. The van der Waals surface area contributed by atoms with Crippen molar-refractivity contribution in [2.75, 3.05) is 30.9 Å². The lowest BCUT2D eigenvalue weighted by Crippen LogP contribution is -2.31. The average Bonchev–Trinajstić information content (AvgIpc) is 3.13. The third kappa shape index (κ3) is 4.67. The van der Waals surface area contributed by atoms with Crippen molar-refractivity contribution in [2.24, 2.45) is 5.92 Å². The fourth-order valence-electron chi connectivity index (χ4n) is 4.13. The van der Waals surface area contributed by atoms with E-state index in [1.807, 2.05) is 33.2 Å². The van der Waals surface area contributed by atoms with E-state index in [-0.39, 0.29) is 0 Å². The molecule has 4 rings (SSSR count). The molecule has 1 aromatic carbocycles. The number of aromatic amines is 1. The van der Waals surface area contributed by atoms with Crippen LogP contribution < -0.4 is 15.5 Å². The van der Waals surface area contributed by atoms with Crippen molar-refractivity contribution in [3.63, 3.8) is 0 Å². The zero-order chi connectivity index (χ0) is 20.2. The molecule has 0 saturated heterocycles. The van der Waals surface area contributed by atoms with E-state index >= 15 is 0 Å². The average molecular weight is 394 g/mol. The largest absolute Gasteiger partial charge is 0.362 e. The molecule has 3 aromatic rings. The Morgan fingerprint density at radius 1 is 1.10 bits per heavy atom. The zero-order valence-electron chi connectivity index (χ0n) is 17.6. The molecule has 0 unspecified atom stereocenters. The number of fused-ring (bicyclic) bond motifs is 1. The van der Waals surface area contributed by atoms with Crippen LogP contribution in [0.4, 0.5) is 11.8 Å². The first-order chi connectivity index (χ1) is 14.1. The smallest absolute Gasteiger partial charge is 0.225 e. The highest BCUT2D eigenvalue weighted by molar-refractivity contribution is 5.90. The van der Waals surface area contributed by atoms with E-state index in [0.717, 1.165) is 60.2 Å². The highest BCUT2D eigenvalue weighted by Gasteiger charge is 2.22. The molecule has 0 aliphatic heterocycles. The Balaban J connectivity index is 1.31. The van der Waals surface area contributed by atoms with Gasteiger partial charge in [-0.3, -0.25) is 0 Å². The normalized spacial score (nSPS) is 19.4. The Bertz CT molecular complexity index is 941. The monoisotopic (exact) mass is 393 g/mol. The van der Waals surface area contributed by atoms with Crippen molar-refractivity contribution in [3.05, 3.63) is 42.0 Å². The van der Waals surface area contributed by atoms with Gasteiger partial charge in [0, 0.05) is 32.1 Å². The molecule has 1 fully saturated rings. The number of anilines is 2. The summed E-state index contributed by atoms with van der Waals surface area (Å²) in [5.41, 5.74) is 3.25. The van der Waals surface area contributed by atoms with Crippen LogP contribution in [0.25, 0.3) is 10.9 Å². The third-order valence-corrected chi connectivity index (χ3v) is 5.86. The first-order valence-electron chi connectivity index (χ1n) is 10.5. The fourth-order valence-corrected chi connectivity index (χ4v) is 4.13. The van der Waals surface area contributed by atoms with Crippen LogP contribution in [0.2, 0.25) is 0 Å². The van der Waals surface area contributed by atoms with E-state index in [1.54, 1.807) is 6.33 Å². The van der Waals surface area contributed by atoms with Crippen molar-refractivity contribution in [2.45, 2.75) is 45.2 Å². The lowest BCUT2D eigenvalue weighted by molar-refractivity contribution is 0.323. The van der Waals surface area contributed by atoms with E-state index in [4.69, 9.17) is 9.97 Å². The highest BCUT2D eigenvalue weighted by atomic mass is 15.2. The Hall–Kier alpha value is -2.67. The summed E-state index contributed by atoms with van der Waals surface area (Å²) in [5.74, 6) is 2.43. The van der Waals surface area contributed by atoms with Crippen LogP contribution >= 0.6 is 0 Å². The maximum Gasteiger partial charge on any atom is 0.225 e. The predicted molar refractivity (Wildman–Crippen MR) is 118 cm³/mol. The molecule has 7 heteroatoms. The topological polar surface area (TPSA) is 81.8 Å². The molecule has 0 amide bonds. The molecule has 29 heavy (non-hydrogen) atoms. The van der Waals surface area contributed by atoms with Gasteiger partial charge in [0.2, 0.25) is 5.95 Å². The van der Waals surface area contributed by atoms with Gasteiger partial charge in [0.25, 0.3) is 0 Å². The van der Waals surface area contributed by atoms with Gasteiger partial charge >= 0.3 is 0 Å². The van der Waals surface area contributed by atoms with Crippen molar-refractivity contribution in [1.82, 2.24) is 25.3 Å². The van der Waals surface area contributed by atoms with Crippen LogP contribution in [0.15, 0.2) is 30.6 Å². The van der Waals surface area contributed by atoms with E-state index in [2.05, 4.69) is 37.6 Å². The molecule has 0 spiro atoms. The quantitative estimate of drug-likeness (QED) is 0.570. The van der Waals surface area contributed by atoms with E-state index in [1.165, 1.54) is 18.5 Å². The first kappa shape index (κ1) is 19.6. The van der Waals surface area contributed by atoms with Gasteiger partial charge in [0.05, 0.1) is 23.2 Å². The van der Waals surface area contributed by atoms with E-state index < -0.39 is 0 Å². The Kier molecular flexibility index (Phi) is 5.94. The van der Waals surface area contributed by atoms with Gasteiger partial charge in [0.15, 0.2) is 0 Å². The van der Waals surface area contributed by atoms with Gasteiger partial charge in [0.1, 0.15) is 5.82 Å².